The molecule has 0 atom stereocenters. The lowest BCUT2D eigenvalue weighted by atomic mass is 9.87. The SMILES string of the molecule is N#Cc1c(-c2ccc3c(c2)sc2ccccc23)cc(-c2ccccc2)cc1-c1cccc2oc3ccccc3c12. The summed E-state index contributed by atoms with van der Waals surface area (Å²) >= 11 is 1.79. The van der Waals surface area contributed by atoms with Crippen LogP contribution in [0.4, 0.5) is 0 Å². The van der Waals surface area contributed by atoms with Crippen molar-refractivity contribution in [3.8, 4) is 39.4 Å². The third-order valence-corrected chi connectivity index (χ3v) is 8.87. The Morgan fingerprint density at radius 2 is 1.23 bits per heavy atom. The minimum absolute atomic E-state index is 0.665. The van der Waals surface area contributed by atoms with Gasteiger partial charge in [0.25, 0.3) is 0 Å². The Morgan fingerprint density at radius 1 is 0.500 bits per heavy atom. The van der Waals surface area contributed by atoms with E-state index in [0.717, 1.165) is 55.3 Å². The summed E-state index contributed by atoms with van der Waals surface area (Å²) in [6, 6.07) is 46.7. The molecule has 0 bridgehead atoms. The summed E-state index contributed by atoms with van der Waals surface area (Å²) in [4.78, 5) is 0. The molecule has 8 rings (SSSR count). The molecule has 0 aliphatic carbocycles. The Hall–Kier alpha value is -5.17. The number of thiophene rings is 1. The van der Waals surface area contributed by atoms with E-state index in [9.17, 15) is 5.26 Å². The molecule has 0 fully saturated rings. The number of furan rings is 1. The van der Waals surface area contributed by atoms with Crippen LogP contribution in [0.15, 0.2) is 132 Å². The van der Waals surface area contributed by atoms with E-state index in [1.54, 1.807) is 11.3 Å². The number of benzene rings is 6. The third-order valence-electron chi connectivity index (χ3n) is 7.74. The molecule has 2 heterocycles. The van der Waals surface area contributed by atoms with Crippen LogP contribution in [0.5, 0.6) is 0 Å². The third kappa shape index (κ3) is 3.48. The molecule has 186 valence electrons. The predicted molar refractivity (Wildman–Crippen MR) is 168 cm³/mol. The van der Waals surface area contributed by atoms with Crippen LogP contribution in [0, 0.1) is 11.3 Å². The molecule has 3 heteroatoms. The summed E-state index contributed by atoms with van der Waals surface area (Å²) in [5.41, 5.74) is 8.40. The maximum absolute atomic E-state index is 10.7. The van der Waals surface area contributed by atoms with Crippen molar-refractivity contribution < 1.29 is 4.42 Å². The summed E-state index contributed by atoms with van der Waals surface area (Å²) in [7, 11) is 0. The van der Waals surface area contributed by atoms with Crippen LogP contribution in [-0.4, -0.2) is 0 Å². The first kappa shape index (κ1) is 22.8. The van der Waals surface area contributed by atoms with Gasteiger partial charge >= 0.3 is 0 Å². The van der Waals surface area contributed by atoms with Gasteiger partial charge in [0, 0.05) is 42.1 Å². The Kier molecular flexibility index (Phi) is 5.10. The summed E-state index contributed by atoms with van der Waals surface area (Å²) in [6.45, 7) is 0. The molecule has 0 saturated carbocycles. The molecule has 0 aliphatic rings. The highest BCUT2D eigenvalue weighted by Crippen LogP contribution is 2.43. The Balaban J connectivity index is 1.45. The number of hydrogen-bond acceptors (Lipinski definition) is 3. The van der Waals surface area contributed by atoms with E-state index in [4.69, 9.17) is 4.42 Å². The highest BCUT2D eigenvalue weighted by atomic mass is 32.1. The zero-order chi connectivity index (χ0) is 26.6. The zero-order valence-electron chi connectivity index (χ0n) is 21.4. The Morgan fingerprint density at radius 3 is 2.10 bits per heavy atom. The fourth-order valence-electron chi connectivity index (χ4n) is 5.89. The minimum atomic E-state index is 0.665. The molecule has 6 aromatic carbocycles. The molecule has 0 aliphatic heterocycles. The topological polar surface area (TPSA) is 36.9 Å². The van der Waals surface area contributed by atoms with Crippen molar-refractivity contribution in [2.24, 2.45) is 0 Å². The Labute approximate surface area is 235 Å². The van der Waals surface area contributed by atoms with Crippen LogP contribution in [-0.2, 0) is 0 Å². The van der Waals surface area contributed by atoms with E-state index in [2.05, 4.69) is 97.1 Å². The van der Waals surface area contributed by atoms with Crippen molar-refractivity contribution >= 4 is 53.4 Å². The van der Waals surface area contributed by atoms with Gasteiger partial charge < -0.3 is 4.42 Å². The number of hydrogen-bond donors (Lipinski definition) is 0. The maximum atomic E-state index is 10.7. The van der Waals surface area contributed by atoms with Crippen molar-refractivity contribution in [3.63, 3.8) is 0 Å². The lowest BCUT2D eigenvalue weighted by molar-refractivity contribution is 0.669. The van der Waals surface area contributed by atoms with Crippen molar-refractivity contribution in [3.05, 3.63) is 133 Å². The Bertz CT molecular complexity index is 2280. The van der Waals surface area contributed by atoms with Crippen molar-refractivity contribution in [1.82, 2.24) is 0 Å². The highest BCUT2D eigenvalue weighted by Gasteiger charge is 2.20. The molecular weight excluding hydrogens is 506 g/mol. The minimum Gasteiger partial charge on any atom is -0.456 e. The quantitative estimate of drug-likeness (QED) is 0.229. The second kappa shape index (κ2) is 8.95. The zero-order valence-corrected chi connectivity index (χ0v) is 22.2. The van der Waals surface area contributed by atoms with Gasteiger partial charge in [0.15, 0.2) is 0 Å². The van der Waals surface area contributed by atoms with Gasteiger partial charge in [-0.25, -0.2) is 0 Å². The fourth-order valence-corrected chi connectivity index (χ4v) is 7.04. The van der Waals surface area contributed by atoms with Crippen LogP contribution in [0.3, 0.4) is 0 Å². The number of nitrogens with zero attached hydrogens (tertiary/aromatic N) is 1. The van der Waals surface area contributed by atoms with Gasteiger partial charge in [-0.1, -0.05) is 91.0 Å². The van der Waals surface area contributed by atoms with E-state index in [1.807, 2.05) is 36.4 Å². The average Bonchev–Trinajstić information content (AvgIpc) is 3.58. The second-order valence-electron chi connectivity index (χ2n) is 10.0. The number of para-hydroxylation sites is 1. The summed E-state index contributed by atoms with van der Waals surface area (Å²) in [5, 5.41) is 15.3. The number of nitriles is 1. The van der Waals surface area contributed by atoms with Crippen LogP contribution in [0.1, 0.15) is 5.56 Å². The van der Waals surface area contributed by atoms with Gasteiger partial charge in [-0.15, -0.1) is 11.3 Å². The molecule has 0 radical (unpaired) electrons. The normalized spacial score (nSPS) is 11.5. The van der Waals surface area contributed by atoms with Crippen LogP contribution in [0.25, 0.3) is 75.5 Å². The van der Waals surface area contributed by atoms with Crippen molar-refractivity contribution in [2.45, 2.75) is 0 Å². The van der Waals surface area contributed by atoms with Crippen LogP contribution in [0.2, 0.25) is 0 Å². The first-order valence-electron chi connectivity index (χ1n) is 13.2. The fraction of sp³-hybridized carbons (Fsp3) is 0. The van der Waals surface area contributed by atoms with Gasteiger partial charge in [-0.05, 0) is 58.7 Å². The summed E-state index contributed by atoms with van der Waals surface area (Å²) < 4.78 is 8.70. The molecule has 40 heavy (non-hydrogen) atoms. The largest absolute Gasteiger partial charge is 0.456 e. The number of fused-ring (bicyclic) bond motifs is 6. The highest BCUT2D eigenvalue weighted by molar-refractivity contribution is 7.25. The lowest BCUT2D eigenvalue weighted by Crippen LogP contribution is -1.93. The smallest absolute Gasteiger partial charge is 0.136 e. The maximum Gasteiger partial charge on any atom is 0.136 e. The van der Waals surface area contributed by atoms with E-state index in [-0.39, 0.29) is 0 Å². The first-order valence-corrected chi connectivity index (χ1v) is 14.1. The lowest BCUT2D eigenvalue weighted by Gasteiger charge is -2.15. The van der Waals surface area contributed by atoms with Gasteiger partial charge in [0.05, 0.1) is 5.56 Å². The van der Waals surface area contributed by atoms with E-state index in [1.165, 1.54) is 20.2 Å². The molecule has 2 aromatic heterocycles. The summed E-state index contributed by atoms with van der Waals surface area (Å²) in [5.74, 6) is 0. The molecule has 0 spiro atoms. The molecule has 0 amide bonds. The van der Waals surface area contributed by atoms with Gasteiger partial charge in [0.1, 0.15) is 17.2 Å². The monoisotopic (exact) mass is 527 g/mol. The van der Waals surface area contributed by atoms with Crippen LogP contribution < -0.4 is 0 Å². The summed E-state index contributed by atoms with van der Waals surface area (Å²) in [6.07, 6.45) is 0. The van der Waals surface area contributed by atoms with Crippen LogP contribution >= 0.6 is 11.3 Å². The van der Waals surface area contributed by atoms with Gasteiger partial charge in [-0.3, -0.25) is 0 Å². The molecule has 0 saturated heterocycles. The number of rotatable bonds is 3. The van der Waals surface area contributed by atoms with E-state index in [0.29, 0.717) is 5.56 Å². The molecule has 8 aromatic rings. The van der Waals surface area contributed by atoms with Crippen molar-refractivity contribution in [1.29, 1.82) is 5.26 Å². The van der Waals surface area contributed by atoms with Gasteiger partial charge in [-0.2, -0.15) is 5.26 Å². The molecule has 2 nitrogen and oxygen atoms in total. The molecule has 0 unspecified atom stereocenters. The van der Waals surface area contributed by atoms with E-state index >= 15 is 0 Å². The van der Waals surface area contributed by atoms with E-state index < -0.39 is 0 Å². The first-order chi connectivity index (χ1) is 19.8. The molecule has 0 N–H and O–H groups in total. The average molecular weight is 528 g/mol. The molecular formula is C37H21NOS. The second-order valence-corrected chi connectivity index (χ2v) is 11.1. The predicted octanol–water partition coefficient (Wildman–Crippen LogP) is 10.8. The van der Waals surface area contributed by atoms with Crippen molar-refractivity contribution in [2.75, 3.05) is 0 Å². The van der Waals surface area contributed by atoms with Gasteiger partial charge in [0.2, 0.25) is 0 Å². The standard InChI is InChI=1S/C37H21NOS/c38-22-32-30(24-17-18-27-26-11-5-7-16-35(26)40-36(27)21-24)19-25(23-9-2-1-3-10-23)20-31(32)28-13-8-15-34-37(28)29-12-4-6-14-33(29)39-34/h1-21H.